The maximum atomic E-state index is 13.0. The van der Waals surface area contributed by atoms with Gasteiger partial charge in [-0.2, -0.15) is 0 Å². The van der Waals surface area contributed by atoms with E-state index in [2.05, 4.69) is 26.6 Å². The summed E-state index contributed by atoms with van der Waals surface area (Å²) in [6.45, 7) is 0. The van der Waals surface area contributed by atoms with E-state index in [0.29, 0.717) is 5.69 Å². The molecule has 2 aromatic rings. The molecule has 0 heterocycles. The largest absolute Gasteiger partial charge is 0.326 e. The molecule has 0 spiro atoms. The number of amides is 2. The molecule has 0 bridgehead atoms. The lowest BCUT2D eigenvalue weighted by atomic mass is 10.2. The van der Waals surface area contributed by atoms with Gasteiger partial charge in [-0.05, 0) is 36.4 Å². The zero-order valence-electron chi connectivity index (χ0n) is 11.2. The van der Waals surface area contributed by atoms with Crippen molar-refractivity contribution < 1.29 is 18.4 Å². The van der Waals surface area contributed by atoms with Crippen molar-refractivity contribution in [2.24, 2.45) is 0 Å². The number of rotatable bonds is 4. The third-order valence-electron chi connectivity index (χ3n) is 2.65. The van der Waals surface area contributed by atoms with Crippen LogP contribution in [0.1, 0.15) is 6.42 Å². The SMILES string of the molecule is O=C(CC(=O)Nc1ccc(F)c(F)c1)Nc1ccc(Br)cc1. The second-order valence-electron chi connectivity index (χ2n) is 4.41. The molecule has 0 saturated carbocycles. The Morgan fingerprint density at radius 3 is 2.00 bits per heavy atom. The van der Waals surface area contributed by atoms with E-state index in [0.717, 1.165) is 16.6 Å². The fourth-order valence-corrected chi connectivity index (χ4v) is 1.93. The molecule has 0 aliphatic rings. The van der Waals surface area contributed by atoms with E-state index >= 15 is 0 Å². The van der Waals surface area contributed by atoms with Crippen LogP contribution in [0.15, 0.2) is 46.9 Å². The highest BCUT2D eigenvalue weighted by molar-refractivity contribution is 9.10. The van der Waals surface area contributed by atoms with Crippen molar-refractivity contribution >= 4 is 39.1 Å². The van der Waals surface area contributed by atoms with Crippen LogP contribution in [0.3, 0.4) is 0 Å². The summed E-state index contributed by atoms with van der Waals surface area (Å²) in [7, 11) is 0. The van der Waals surface area contributed by atoms with E-state index in [1.165, 1.54) is 6.07 Å². The van der Waals surface area contributed by atoms with Gasteiger partial charge in [0, 0.05) is 21.9 Å². The quantitative estimate of drug-likeness (QED) is 0.808. The summed E-state index contributed by atoms with van der Waals surface area (Å²) in [5.74, 6) is -3.22. The van der Waals surface area contributed by atoms with Crippen LogP contribution >= 0.6 is 15.9 Å². The van der Waals surface area contributed by atoms with Crippen molar-refractivity contribution in [3.63, 3.8) is 0 Å². The Bertz CT molecular complexity index is 705. The van der Waals surface area contributed by atoms with Gasteiger partial charge in [0.25, 0.3) is 0 Å². The number of benzene rings is 2. The van der Waals surface area contributed by atoms with E-state index in [9.17, 15) is 18.4 Å². The third kappa shape index (κ3) is 4.63. The lowest BCUT2D eigenvalue weighted by molar-refractivity contribution is -0.123. The standard InChI is InChI=1S/C15H11BrF2N2O2/c16-9-1-3-10(4-2-9)19-14(21)8-15(22)20-11-5-6-12(17)13(18)7-11/h1-7H,8H2,(H,19,21)(H,20,22). The molecule has 2 rings (SSSR count). The highest BCUT2D eigenvalue weighted by Gasteiger charge is 2.11. The zero-order valence-corrected chi connectivity index (χ0v) is 12.8. The normalized spacial score (nSPS) is 10.1. The van der Waals surface area contributed by atoms with E-state index in [1.54, 1.807) is 24.3 Å². The highest BCUT2D eigenvalue weighted by Crippen LogP contribution is 2.15. The maximum absolute atomic E-state index is 13.0. The number of anilines is 2. The monoisotopic (exact) mass is 368 g/mol. The first kappa shape index (κ1) is 16.1. The Hall–Kier alpha value is -2.28. The molecule has 0 aliphatic heterocycles. The topological polar surface area (TPSA) is 58.2 Å². The van der Waals surface area contributed by atoms with Crippen LogP contribution in [0.5, 0.6) is 0 Å². The minimum atomic E-state index is -1.07. The van der Waals surface area contributed by atoms with Gasteiger partial charge in [0.1, 0.15) is 6.42 Å². The van der Waals surface area contributed by atoms with Crippen molar-refractivity contribution in [1.82, 2.24) is 0 Å². The van der Waals surface area contributed by atoms with E-state index in [1.807, 2.05) is 0 Å². The van der Waals surface area contributed by atoms with E-state index in [4.69, 9.17) is 0 Å². The Labute approximate surface area is 133 Å². The summed E-state index contributed by atoms with van der Waals surface area (Å²) in [5.41, 5.74) is 0.633. The van der Waals surface area contributed by atoms with Gasteiger partial charge >= 0.3 is 0 Å². The van der Waals surface area contributed by atoms with Crippen molar-refractivity contribution in [3.8, 4) is 0 Å². The Balaban J connectivity index is 1.89. The minimum Gasteiger partial charge on any atom is -0.326 e. The second-order valence-corrected chi connectivity index (χ2v) is 5.32. The molecule has 114 valence electrons. The summed E-state index contributed by atoms with van der Waals surface area (Å²) in [4.78, 5) is 23.4. The summed E-state index contributed by atoms with van der Waals surface area (Å²) >= 11 is 3.27. The molecule has 0 saturated heterocycles. The van der Waals surface area contributed by atoms with Gasteiger partial charge in [0.15, 0.2) is 11.6 Å². The summed E-state index contributed by atoms with van der Waals surface area (Å²) in [6, 6.07) is 9.80. The molecule has 2 aromatic carbocycles. The number of halogens is 3. The third-order valence-corrected chi connectivity index (χ3v) is 3.18. The molecule has 0 aromatic heterocycles. The molecule has 2 amide bonds. The molecule has 4 nitrogen and oxygen atoms in total. The first-order chi connectivity index (χ1) is 10.4. The number of carbonyl (C=O) groups is 2. The number of carbonyl (C=O) groups excluding carboxylic acids is 2. The first-order valence-electron chi connectivity index (χ1n) is 6.24. The van der Waals surface area contributed by atoms with Crippen LogP contribution in [0.25, 0.3) is 0 Å². The van der Waals surface area contributed by atoms with Gasteiger partial charge in [-0.15, -0.1) is 0 Å². The Morgan fingerprint density at radius 2 is 1.41 bits per heavy atom. The maximum Gasteiger partial charge on any atom is 0.233 e. The van der Waals surface area contributed by atoms with Crippen LogP contribution < -0.4 is 10.6 Å². The molecule has 0 fully saturated rings. The van der Waals surface area contributed by atoms with Crippen LogP contribution in [0.4, 0.5) is 20.2 Å². The number of hydrogen-bond donors (Lipinski definition) is 2. The smallest absolute Gasteiger partial charge is 0.233 e. The molecular formula is C15H11BrF2N2O2. The van der Waals surface area contributed by atoms with Gasteiger partial charge in [0.2, 0.25) is 11.8 Å². The molecule has 0 aliphatic carbocycles. The lowest BCUT2D eigenvalue weighted by Gasteiger charge is -2.07. The Morgan fingerprint density at radius 1 is 0.864 bits per heavy atom. The predicted octanol–water partition coefficient (Wildman–Crippen LogP) is 3.69. The minimum absolute atomic E-state index is 0.0836. The average molecular weight is 369 g/mol. The van der Waals surface area contributed by atoms with Crippen LogP contribution in [-0.2, 0) is 9.59 Å². The average Bonchev–Trinajstić information content (AvgIpc) is 2.45. The predicted molar refractivity (Wildman–Crippen MR) is 82.4 cm³/mol. The van der Waals surface area contributed by atoms with Gasteiger partial charge in [-0.1, -0.05) is 15.9 Å². The Kier molecular flexibility index (Phi) is 5.21. The molecule has 22 heavy (non-hydrogen) atoms. The van der Waals surface area contributed by atoms with Gasteiger partial charge in [-0.3, -0.25) is 9.59 Å². The van der Waals surface area contributed by atoms with Crippen LogP contribution in [0, 0.1) is 11.6 Å². The van der Waals surface area contributed by atoms with Crippen molar-refractivity contribution in [3.05, 3.63) is 58.6 Å². The molecule has 0 radical (unpaired) electrons. The summed E-state index contributed by atoms with van der Waals surface area (Å²) in [5, 5.41) is 4.87. The highest BCUT2D eigenvalue weighted by atomic mass is 79.9. The van der Waals surface area contributed by atoms with Gasteiger partial charge in [-0.25, -0.2) is 8.78 Å². The summed E-state index contributed by atoms with van der Waals surface area (Å²) < 4.78 is 26.6. The lowest BCUT2D eigenvalue weighted by Crippen LogP contribution is -2.21. The van der Waals surface area contributed by atoms with Crippen LogP contribution in [-0.4, -0.2) is 11.8 Å². The molecular weight excluding hydrogens is 358 g/mol. The number of hydrogen-bond acceptors (Lipinski definition) is 2. The van der Waals surface area contributed by atoms with E-state index < -0.39 is 29.9 Å². The fraction of sp³-hybridized carbons (Fsp3) is 0.0667. The summed E-state index contributed by atoms with van der Waals surface area (Å²) in [6.07, 6.45) is -0.435. The molecule has 7 heteroatoms. The fourth-order valence-electron chi connectivity index (χ4n) is 1.66. The van der Waals surface area contributed by atoms with Crippen molar-refractivity contribution in [2.75, 3.05) is 10.6 Å². The van der Waals surface area contributed by atoms with Gasteiger partial charge < -0.3 is 10.6 Å². The van der Waals surface area contributed by atoms with Crippen LogP contribution in [0.2, 0.25) is 0 Å². The van der Waals surface area contributed by atoms with Crippen molar-refractivity contribution in [1.29, 1.82) is 0 Å². The second kappa shape index (κ2) is 7.13. The first-order valence-corrected chi connectivity index (χ1v) is 7.03. The molecule has 2 N–H and O–H groups in total. The molecule has 0 atom stereocenters. The number of nitrogens with one attached hydrogen (secondary N) is 2. The molecule has 0 unspecified atom stereocenters. The van der Waals surface area contributed by atoms with Gasteiger partial charge in [0.05, 0.1) is 0 Å². The van der Waals surface area contributed by atoms with E-state index in [-0.39, 0.29) is 5.69 Å². The zero-order chi connectivity index (χ0) is 16.1. The van der Waals surface area contributed by atoms with Crippen molar-refractivity contribution in [2.45, 2.75) is 6.42 Å².